The zero-order valence-electron chi connectivity index (χ0n) is 7.62. The van der Waals surface area contributed by atoms with Gasteiger partial charge in [-0.1, -0.05) is 0 Å². The van der Waals surface area contributed by atoms with Crippen molar-refractivity contribution in [1.29, 1.82) is 0 Å². The van der Waals surface area contributed by atoms with E-state index >= 15 is 0 Å². The van der Waals surface area contributed by atoms with Crippen molar-refractivity contribution >= 4 is 17.3 Å². The van der Waals surface area contributed by atoms with Crippen LogP contribution in [0.15, 0.2) is 12.1 Å². The molecule has 0 saturated carbocycles. The number of halogens is 3. The summed E-state index contributed by atoms with van der Waals surface area (Å²) in [5, 5.41) is 18.7. The highest BCUT2D eigenvalue weighted by Gasteiger charge is 2.23. The van der Waals surface area contributed by atoms with Gasteiger partial charge in [-0.05, 0) is 6.07 Å². The summed E-state index contributed by atoms with van der Waals surface area (Å²) in [6.07, 6.45) is -2.92. The summed E-state index contributed by atoms with van der Waals surface area (Å²) < 4.78 is 25.9. The van der Waals surface area contributed by atoms with Crippen LogP contribution in [-0.2, 0) is 0 Å². The summed E-state index contributed by atoms with van der Waals surface area (Å²) in [5.41, 5.74) is 4.72. The Balaban J connectivity index is 3.13. The Morgan fingerprint density at radius 3 is 2.40 bits per heavy atom. The first kappa shape index (κ1) is 12.2. The largest absolute Gasteiger partial charge is 0.398 e. The summed E-state index contributed by atoms with van der Waals surface area (Å²) >= 11 is 5.29. The number of nitrogens with two attached hydrogens (primary N) is 1. The van der Waals surface area contributed by atoms with Gasteiger partial charge in [-0.15, -0.1) is 11.6 Å². The second kappa shape index (κ2) is 4.74. The molecule has 0 amide bonds. The standard InChI is InChI=1S/C9H10ClF2NO2/c10-3-7(14)9(15)8-5(12)1-4(11)2-6(8)13/h1-2,7,9,14-15H,3,13H2. The van der Waals surface area contributed by atoms with Gasteiger partial charge >= 0.3 is 0 Å². The predicted octanol–water partition coefficient (Wildman–Crippen LogP) is 1.18. The van der Waals surface area contributed by atoms with Gasteiger partial charge in [0.05, 0.1) is 12.0 Å². The van der Waals surface area contributed by atoms with Crippen LogP contribution in [0.1, 0.15) is 11.7 Å². The first-order chi connectivity index (χ1) is 6.97. The van der Waals surface area contributed by atoms with Gasteiger partial charge in [-0.3, -0.25) is 0 Å². The van der Waals surface area contributed by atoms with E-state index < -0.39 is 23.8 Å². The highest BCUT2D eigenvalue weighted by molar-refractivity contribution is 6.18. The summed E-state index contributed by atoms with van der Waals surface area (Å²) in [4.78, 5) is 0. The van der Waals surface area contributed by atoms with Crippen molar-refractivity contribution in [3.05, 3.63) is 29.3 Å². The lowest BCUT2D eigenvalue weighted by molar-refractivity contribution is 0.0309. The minimum atomic E-state index is -1.57. The van der Waals surface area contributed by atoms with E-state index in [1.54, 1.807) is 0 Å². The van der Waals surface area contributed by atoms with Crippen molar-refractivity contribution in [3.8, 4) is 0 Å². The van der Waals surface area contributed by atoms with E-state index in [-0.39, 0.29) is 17.1 Å². The molecule has 0 bridgehead atoms. The summed E-state index contributed by atoms with van der Waals surface area (Å²) in [5.74, 6) is -2.14. The number of alkyl halides is 1. The van der Waals surface area contributed by atoms with Gasteiger partial charge in [0.25, 0.3) is 0 Å². The molecule has 84 valence electrons. The Morgan fingerprint density at radius 1 is 1.33 bits per heavy atom. The zero-order valence-corrected chi connectivity index (χ0v) is 8.38. The third-order valence-corrected chi connectivity index (χ3v) is 2.26. The van der Waals surface area contributed by atoms with Crippen molar-refractivity contribution in [2.24, 2.45) is 0 Å². The molecule has 0 aromatic heterocycles. The zero-order chi connectivity index (χ0) is 11.6. The van der Waals surface area contributed by atoms with Gasteiger partial charge in [-0.2, -0.15) is 0 Å². The van der Waals surface area contributed by atoms with Crippen LogP contribution < -0.4 is 5.73 Å². The molecule has 0 spiro atoms. The van der Waals surface area contributed by atoms with Gasteiger partial charge in [0.15, 0.2) is 0 Å². The molecule has 1 aromatic carbocycles. The number of anilines is 1. The molecule has 0 fully saturated rings. The number of hydrogen-bond donors (Lipinski definition) is 3. The Bertz CT molecular complexity index is 339. The number of aliphatic hydroxyl groups is 2. The average Bonchev–Trinajstić information content (AvgIpc) is 2.14. The monoisotopic (exact) mass is 237 g/mol. The Hall–Kier alpha value is -0.910. The van der Waals surface area contributed by atoms with Crippen LogP contribution in [0.2, 0.25) is 0 Å². The maximum Gasteiger partial charge on any atom is 0.134 e. The molecule has 0 aliphatic heterocycles. The van der Waals surface area contributed by atoms with Crippen LogP contribution in [0.5, 0.6) is 0 Å². The van der Waals surface area contributed by atoms with Crippen LogP contribution >= 0.6 is 11.6 Å². The van der Waals surface area contributed by atoms with Gasteiger partial charge in [0, 0.05) is 17.3 Å². The highest BCUT2D eigenvalue weighted by Crippen LogP contribution is 2.27. The molecular formula is C9H10ClF2NO2. The normalized spacial score (nSPS) is 15.0. The molecule has 2 unspecified atom stereocenters. The minimum absolute atomic E-state index is 0.260. The van der Waals surface area contributed by atoms with E-state index in [1.807, 2.05) is 0 Å². The van der Waals surface area contributed by atoms with Crippen molar-refractivity contribution in [2.45, 2.75) is 12.2 Å². The third-order valence-electron chi connectivity index (χ3n) is 1.94. The molecule has 2 atom stereocenters. The maximum atomic E-state index is 13.2. The van der Waals surface area contributed by atoms with Crippen LogP contribution in [0.4, 0.5) is 14.5 Å². The average molecular weight is 238 g/mol. The van der Waals surface area contributed by atoms with Crippen LogP contribution in [0.25, 0.3) is 0 Å². The lowest BCUT2D eigenvalue weighted by Gasteiger charge is -2.18. The predicted molar refractivity (Wildman–Crippen MR) is 52.5 cm³/mol. The molecule has 0 radical (unpaired) electrons. The Labute approximate surface area is 90.1 Å². The van der Waals surface area contributed by atoms with Crippen LogP contribution in [0.3, 0.4) is 0 Å². The number of hydrogen-bond acceptors (Lipinski definition) is 3. The molecule has 3 nitrogen and oxygen atoms in total. The lowest BCUT2D eigenvalue weighted by atomic mass is 10.0. The van der Waals surface area contributed by atoms with Crippen molar-refractivity contribution in [2.75, 3.05) is 11.6 Å². The quantitative estimate of drug-likeness (QED) is 0.546. The van der Waals surface area contributed by atoms with Gasteiger partial charge in [-0.25, -0.2) is 8.78 Å². The molecule has 6 heteroatoms. The van der Waals surface area contributed by atoms with Gasteiger partial charge in [0.2, 0.25) is 0 Å². The molecule has 0 saturated heterocycles. The van der Waals surface area contributed by atoms with Crippen molar-refractivity contribution in [3.63, 3.8) is 0 Å². The fourth-order valence-corrected chi connectivity index (χ4v) is 1.36. The summed E-state index contributed by atoms with van der Waals surface area (Å²) in [6.45, 7) is 0. The first-order valence-electron chi connectivity index (χ1n) is 4.14. The van der Waals surface area contributed by atoms with E-state index in [1.165, 1.54) is 0 Å². The van der Waals surface area contributed by atoms with E-state index in [0.717, 1.165) is 6.07 Å². The molecule has 0 heterocycles. The second-order valence-corrected chi connectivity index (χ2v) is 3.37. The van der Waals surface area contributed by atoms with E-state index in [0.29, 0.717) is 6.07 Å². The van der Waals surface area contributed by atoms with Crippen LogP contribution in [0, 0.1) is 11.6 Å². The third kappa shape index (κ3) is 2.56. The Kier molecular flexibility index (Phi) is 3.84. The number of rotatable bonds is 3. The van der Waals surface area contributed by atoms with Crippen LogP contribution in [-0.4, -0.2) is 22.2 Å². The van der Waals surface area contributed by atoms with Gasteiger partial charge < -0.3 is 15.9 Å². The fourth-order valence-electron chi connectivity index (χ4n) is 1.19. The SMILES string of the molecule is Nc1cc(F)cc(F)c1C(O)C(O)CCl. The van der Waals surface area contributed by atoms with Crippen molar-refractivity contribution < 1.29 is 19.0 Å². The Morgan fingerprint density at radius 2 is 1.93 bits per heavy atom. The summed E-state index contributed by atoms with van der Waals surface area (Å²) in [7, 11) is 0. The topological polar surface area (TPSA) is 66.5 Å². The lowest BCUT2D eigenvalue weighted by Crippen LogP contribution is -2.22. The second-order valence-electron chi connectivity index (χ2n) is 3.06. The van der Waals surface area contributed by atoms with E-state index in [2.05, 4.69) is 0 Å². The van der Waals surface area contributed by atoms with Crippen molar-refractivity contribution in [1.82, 2.24) is 0 Å². The molecule has 0 aliphatic carbocycles. The first-order valence-corrected chi connectivity index (χ1v) is 4.67. The maximum absolute atomic E-state index is 13.2. The molecule has 0 aliphatic rings. The molecule has 1 rings (SSSR count). The van der Waals surface area contributed by atoms with Gasteiger partial charge in [0.1, 0.15) is 17.7 Å². The molecule has 1 aromatic rings. The molecule has 15 heavy (non-hydrogen) atoms. The summed E-state index contributed by atoms with van der Waals surface area (Å²) in [6, 6.07) is 1.44. The molecular weight excluding hydrogens is 228 g/mol. The minimum Gasteiger partial charge on any atom is -0.398 e. The molecule has 4 N–H and O–H groups in total. The smallest absolute Gasteiger partial charge is 0.134 e. The fraction of sp³-hybridized carbons (Fsp3) is 0.333. The number of aliphatic hydroxyl groups excluding tert-OH is 2. The van der Waals surface area contributed by atoms with E-state index in [4.69, 9.17) is 17.3 Å². The highest BCUT2D eigenvalue weighted by atomic mass is 35.5. The van der Waals surface area contributed by atoms with E-state index in [9.17, 15) is 19.0 Å². The number of nitrogen functional groups attached to an aromatic ring is 1. The number of benzene rings is 1.